The van der Waals surface area contributed by atoms with Gasteiger partial charge in [-0.15, -0.1) is 0 Å². The second kappa shape index (κ2) is 6.74. The van der Waals surface area contributed by atoms with Crippen LogP contribution in [0.15, 0.2) is 42.6 Å². The van der Waals surface area contributed by atoms with Gasteiger partial charge in [-0.05, 0) is 18.6 Å². The standard InChI is InChI=1S/C16H19N3O2/c1-3-19(11-12-7-5-4-6-8-12)15-9-13(16(20)21-2)14(17)10-18-15/h4-10H,3,11,17H2,1-2H3. The Labute approximate surface area is 124 Å². The van der Waals surface area contributed by atoms with Crippen molar-refractivity contribution >= 4 is 17.5 Å². The van der Waals surface area contributed by atoms with Gasteiger partial charge in [-0.1, -0.05) is 30.3 Å². The molecule has 0 radical (unpaired) electrons. The second-order valence-electron chi connectivity index (χ2n) is 4.62. The molecule has 0 fully saturated rings. The average molecular weight is 285 g/mol. The zero-order valence-electron chi connectivity index (χ0n) is 12.2. The van der Waals surface area contributed by atoms with E-state index in [2.05, 4.69) is 22.0 Å². The highest BCUT2D eigenvalue weighted by Crippen LogP contribution is 2.20. The number of anilines is 2. The SMILES string of the molecule is CCN(Cc1ccccc1)c1cc(C(=O)OC)c(N)cn1. The maximum Gasteiger partial charge on any atom is 0.340 e. The number of ether oxygens (including phenoxy) is 1. The van der Waals surface area contributed by atoms with Gasteiger partial charge in [0.05, 0.1) is 24.6 Å². The molecule has 21 heavy (non-hydrogen) atoms. The monoisotopic (exact) mass is 285 g/mol. The molecule has 2 N–H and O–H groups in total. The lowest BCUT2D eigenvalue weighted by atomic mass is 10.2. The van der Waals surface area contributed by atoms with E-state index in [1.54, 1.807) is 6.07 Å². The zero-order valence-corrected chi connectivity index (χ0v) is 12.2. The minimum absolute atomic E-state index is 0.321. The van der Waals surface area contributed by atoms with Crippen molar-refractivity contribution in [2.45, 2.75) is 13.5 Å². The van der Waals surface area contributed by atoms with Gasteiger partial charge < -0.3 is 15.4 Å². The zero-order chi connectivity index (χ0) is 15.2. The number of pyridine rings is 1. The largest absolute Gasteiger partial charge is 0.465 e. The molecule has 2 aromatic rings. The Morgan fingerprint density at radius 3 is 2.67 bits per heavy atom. The smallest absolute Gasteiger partial charge is 0.340 e. The normalized spacial score (nSPS) is 10.2. The van der Waals surface area contributed by atoms with E-state index in [0.717, 1.165) is 13.1 Å². The van der Waals surface area contributed by atoms with Crippen LogP contribution >= 0.6 is 0 Å². The van der Waals surface area contributed by atoms with E-state index in [1.807, 2.05) is 25.1 Å². The van der Waals surface area contributed by atoms with Crippen molar-refractivity contribution in [3.63, 3.8) is 0 Å². The van der Waals surface area contributed by atoms with Crippen molar-refractivity contribution < 1.29 is 9.53 Å². The van der Waals surface area contributed by atoms with Gasteiger partial charge in [0.25, 0.3) is 0 Å². The van der Waals surface area contributed by atoms with Crippen LogP contribution in [0.2, 0.25) is 0 Å². The quantitative estimate of drug-likeness (QED) is 0.855. The summed E-state index contributed by atoms with van der Waals surface area (Å²) in [7, 11) is 1.34. The fraction of sp³-hybridized carbons (Fsp3) is 0.250. The maximum atomic E-state index is 11.7. The van der Waals surface area contributed by atoms with Gasteiger partial charge in [-0.25, -0.2) is 9.78 Å². The average Bonchev–Trinajstić information content (AvgIpc) is 2.53. The van der Waals surface area contributed by atoms with Gasteiger partial charge in [-0.3, -0.25) is 0 Å². The Morgan fingerprint density at radius 2 is 2.05 bits per heavy atom. The number of hydrogen-bond acceptors (Lipinski definition) is 5. The van der Waals surface area contributed by atoms with Crippen LogP contribution in [0.5, 0.6) is 0 Å². The Bertz CT molecular complexity index is 614. The minimum Gasteiger partial charge on any atom is -0.465 e. The van der Waals surface area contributed by atoms with Crippen molar-refractivity contribution in [1.29, 1.82) is 0 Å². The van der Waals surface area contributed by atoms with Gasteiger partial charge in [0, 0.05) is 13.1 Å². The number of carbonyl (C=O) groups excluding carboxylic acids is 1. The summed E-state index contributed by atoms with van der Waals surface area (Å²) >= 11 is 0. The number of nitrogens with two attached hydrogens (primary N) is 1. The van der Waals surface area contributed by atoms with Crippen LogP contribution in [0.3, 0.4) is 0 Å². The molecule has 0 atom stereocenters. The molecule has 1 aromatic carbocycles. The molecule has 0 saturated heterocycles. The van der Waals surface area contributed by atoms with Crippen molar-refractivity contribution in [1.82, 2.24) is 4.98 Å². The number of esters is 1. The number of benzene rings is 1. The summed E-state index contributed by atoms with van der Waals surface area (Å²) in [5, 5.41) is 0. The highest BCUT2D eigenvalue weighted by Gasteiger charge is 2.14. The van der Waals surface area contributed by atoms with Crippen LogP contribution in [0.25, 0.3) is 0 Å². The molecule has 5 nitrogen and oxygen atoms in total. The lowest BCUT2D eigenvalue weighted by Crippen LogP contribution is -2.23. The van der Waals surface area contributed by atoms with Crippen LogP contribution in [0.1, 0.15) is 22.8 Å². The van der Waals surface area contributed by atoms with Crippen molar-refractivity contribution in [3.05, 3.63) is 53.7 Å². The van der Waals surface area contributed by atoms with Crippen molar-refractivity contribution in [2.75, 3.05) is 24.3 Å². The Morgan fingerprint density at radius 1 is 1.33 bits per heavy atom. The van der Waals surface area contributed by atoms with Crippen LogP contribution in [-0.4, -0.2) is 24.6 Å². The molecular weight excluding hydrogens is 266 g/mol. The molecule has 0 amide bonds. The second-order valence-corrected chi connectivity index (χ2v) is 4.62. The summed E-state index contributed by atoms with van der Waals surface area (Å²) in [6.45, 7) is 3.53. The molecule has 0 unspecified atom stereocenters. The summed E-state index contributed by atoms with van der Waals surface area (Å²) in [4.78, 5) is 18.1. The number of nitrogens with zero attached hydrogens (tertiary/aromatic N) is 2. The molecule has 0 aliphatic carbocycles. The molecule has 5 heteroatoms. The molecular formula is C16H19N3O2. The molecule has 0 spiro atoms. The topological polar surface area (TPSA) is 68.5 Å². The first-order valence-corrected chi connectivity index (χ1v) is 6.78. The molecule has 1 aromatic heterocycles. The number of carbonyl (C=O) groups is 1. The van der Waals surface area contributed by atoms with Crippen LogP contribution in [0.4, 0.5) is 11.5 Å². The molecule has 0 saturated carbocycles. The number of nitrogen functional groups attached to an aromatic ring is 1. The third-order valence-electron chi connectivity index (χ3n) is 3.25. The molecule has 110 valence electrons. The summed E-state index contributed by atoms with van der Waals surface area (Å²) in [6, 6.07) is 11.8. The summed E-state index contributed by atoms with van der Waals surface area (Å²) in [5.41, 5.74) is 7.62. The van der Waals surface area contributed by atoms with Crippen molar-refractivity contribution in [2.24, 2.45) is 0 Å². The molecule has 1 heterocycles. The first-order valence-electron chi connectivity index (χ1n) is 6.78. The fourth-order valence-electron chi connectivity index (χ4n) is 2.07. The van der Waals surface area contributed by atoms with E-state index in [9.17, 15) is 4.79 Å². The van der Waals surface area contributed by atoms with Gasteiger partial charge in [-0.2, -0.15) is 0 Å². The Hall–Kier alpha value is -2.56. The minimum atomic E-state index is -0.452. The van der Waals surface area contributed by atoms with Gasteiger partial charge in [0.2, 0.25) is 0 Å². The van der Waals surface area contributed by atoms with E-state index in [1.165, 1.54) is 18.9 Å². The summed E-state index contributed by atoms with van der Waals surface area (Å²) in [5.74, 6) is 0.253. The van der Waals surface area contributed by atoms with E-state index in [-0.39, 0.29) is 0 Å². The lowest BCUT2D eigenvalue weighted by molar-refractivity contribution is 0.0602. The summed E-state index contributed by atoms with van der Waals surface area (Å²) < 4.78 is 4.74. The number of methoxy groups -OCH3 is 1. The van der Waals surface area contributed by atoms with Gasteiger partial charge >= 0.3 is 5.97 Å². The van der Waals surface area contributed by atoms with E-state index in [0.29, 0.717) is 17.1 Å². The van der Waals surface area contributed by atoms with Crippen molar-refractivity contribution in [3.8, 4) is 0 Å². The fourth-order valence-corrected chi connectivity index (χ4v) is 2.07. The highest BCUT2D eigenvalue weighted by atomic mass is 16.5. The first kappa shape index (κ1) is 14.8. The lowest BCUT2D eigenvalue weighted by Gasteiger charge is -2.22. The third kappa shape index (κ3) is 3.51. The predicted molar refractivity (Wildman–Crippen MR) is 83.2 cm³/mol. The number of hydrogen-bond donors (Lipinski definition) is 1. The molecule has 2 rings (SSSR count). The van der Waals surface area contributed by atoms with Crippen LogP contribution in [-0.2, 0) is 11.3 Å². The molecule has 0 bridgehead atoms. The van der Waals surface area contributed by atoms with E-state index in [4.69, 9.17) is 10.5 Å². The van der Waals surface area contributed by atoms with E-state index < -0.39 is 5.97 Å². The number of rotatable bonds is 5. The predicted octanol–water partition coefficient (Wildman–Crippen LogP) is 2.48. The maximum absolute atomic E-state index is 11.7. The highest BCUT2D eigenvalue weighted by molar-refractivity contribution is 5.95. The molecule has 0 aliphatic rings. The summed E-state index contributed by atoms with van der Waals surface area (Å²) in [6.07, 6.45) is 1.50. The van der Waals surface area contributed by atoms with E-state index >= 15 is 0 Å². The third-order valence-corrected chi connectivity index (χ3v) is 3.25. The van der Waals surface area contributed by atoms with Crippen LogP contribution in [0, 0.1) is 0 Å². The Balaban J connectivity index is 2.28. The van der Waals surface area contributed by atoms with Crippen LogP contribution < -0.4 is 10.6 Å². The number of aromatic nitrogens is 1. The van der Waals surface area contributed by atoms with Gasteiger partial charge in [0.15, 0.2) is 0 Å². The Kier molecular flexibility index (Phi) is 4.77. The first-order chi connectivity index (χ1) is 10.2. The molecule has 0 aliphatic heterocycles. The van der Waals surface area contributed by atoms with Gasteiger partial charge in [0.1, 0.15) is 5.82 Å².